The van der Waals surface area contributed by atoms with Crippen LogP contribution in [0.3, 0.4) is 0 Å². The molecule has 0 radical (unpaired) electrons. The number of nitrogens with zero attached hydrogens (tertiary/aromatic N) is 3. The first-order chi connectivity index (χ1) is 12.9. The third-order valence-electron chi connectivity index (χ3n) is 5.44. The molecule has 2 aromatic rings. The van der Waals surface area contributed by atoms with Crippen molar-refractivity contribution in [1.29, 1.82) is 0 Å². The molecule has 4 rings (SSSR count). The van der Waals surface area contributed by atoms with Crippen LogP contribution in [0.5, 0.6) is 0 Å². The van der Waals surface area contributed by atoms with Crippen LogP contribution in [0.2, 0.25) is 0 Å². The third kappa shape index (κ3) is 3.43. The van der Waals surface area contributed by atoms with E-state index in [1.54, 1.807) is 0 Å². The molecule has 1 saturated heterocycles. The Morgan fingerprint density at radius 3 is 2.63 bits per heavy atom. The summed E-state index contributed by atoms with van der Waals surface area (Å²) in [5, 5.41) is 4.06. The van der Waals surface area contributed by atoms with Crippen LogP contribution < -0.4 is 4.72 Å². The summed E-state index contributed by atoms with van der Waals surface area (Å²) in [7, 11) is -3.74. The van der Waals surface area contributed by atoms with Gasteiger partial charge in [-0.1, -0.05) is 5.16 Å². The van der Waals surface area contributed by atoms with Gasteiger partial charge in [-0.15, -0.1) is 0 Å². The van der Waals surface area contributed by atoms with Crippen molar-refractivity contribution in [3.05, 3.63) is 17.2 Å². The molecule has 2 fully saturated rings. The largest absolute Gasteiger partial charge is 0.377 e. The molecule has 2 aliphatic rings. The fourth-order valence-corrected chi connectivity index (χ4v) is 5.39. The molecular formula is C18H26N4O4S. The van der Waals surface area contributed by atoms with Gasteiger partial charge >= 0.3 is 0 Å². The number of aromatic nitrogens is 3. The Hall–Kier alpha value is -1.71. The normalized spacial score (nSPS) is 20.5. The van der Waals surface area contributed by atoms with E-state index in [0.29, 0.717) is 36.2 Å². The number of hydrogen-bond donors (Lipinski definition) is 1. The number of hydrogen-bond acceptors (Lipinski definition) is 6. The summed E-state index contributed by atoms with van der Waals surface area (Å²) in [6.45, 7) is 7.33. The lowest BCUT2D eigenvalue weighted by atomic mass is 10.2. The van der Waals surface area contributed by atoms with Gasteiger partial charge in [0.2, 0.25) is 10.0 Å². The van der Waals surface area contributed by atoms with E-state index in [4.69, 9.17) is 9.26 Å². The maximum Gasteiger partial charge on any atom is 0.261 e. The molecule has 8 nitrogen and oxygen atoms in total. The monoisotopic (exact) mass is 394 g/mol. The van der Waals surface area contributed by atoms with Crippen LogP contribution in [0, 0.1) is 13.8 Å². The molecule has 0 aromatic carbocycles. The summed E-state index contributed by atoms with van der Waals surface area (Å²) in [6, 6.07) is 0. The van der Waals surface area contributed by atoms with Gasteiger partial charge in [0.1, 0.15) is 4.90 Å². The zero-order valence-corrected chi connectivity index (χ0v) is 16.8. The first kappa shape index (κ1) is 18.6. The average molecular weight is 394 g/mol. The van der Waals surface area contributed by atoms with Gasteiger partial charge < -0.3 is 13.8 Å². The lowest BCUT2D eigenvalue weighted by Gasteiger charge is -2.12. The Balaban J connectivity index is 1.73. The smallest absolute Gasteiger partial charge is 0.261 e. The molecule has 0 amide bonds. The summed E-state index contributed by atoms with van der Waals surface area (Å²) in [6.07, 6.45) is 3.89. The van der Waals surface area contributed by atoms with Crippen LogP contribution in [0.15, 0.2) is 9.42 Å². The Morgan fingerprint density at radius 2 is 2.00 bits per heavy atom. The molecule has 1 N–H and O–H groups in total. The van der Waals surface area contributed by atoms with Gasteiger partial charge in [-0.05, 0) is 46.5 Å². The SMILES string of the molecule is CCn1c(C)c(-c2nc(C3CC3)no2)c(S(=O)(=O)NC[C@@H]2CCCO2)c1C. The van der Waals surface area contributed by atoms with Crippen molar-refractivity contribution in [2.24, 2.45) is 0 Å². The topological polar surface area (TPSA) is 99.3 Å². The summed E-state index contributed by atoms with van der Waals surface area (Å²) >= 11 is 0. The van der Waals surface area contributed by atoms with Crippen LogP contribution in [-0.4, -0.2) is 42.4 Å². The highest BCUT2D eigenvalue weighted by Gasteiger charge is 2.34. The zero-order chi connectivity index (χ0) is 19.2. The van der Waals surface area contributed by atoms with Gasteiger partial charge in [-0.25, -0.2) is 13.1 Å². The van der Waals surface area contributed by atoms with Crippen molar-refractivity contribution in [3.8, 4) is 11.5 Å². The van der Waals surface area contributed by atoms with E-state index in [2.05, 4.69) is 14.9 Å². The minimum absolute atomic E-state index is 0.0669. The Labute approximate surface area is 159 Å². The first-order valence-electron chi connectivity index (χ1n) is 9.57. The molecule has 27 heavy (non-hydrogen) atoms. The van der Waals surface area contributed by atoms with E-state index in [0.717, 1.165) is 31.4 Å². The molecule has 1 atom stereocenters. The molecule has 9 heteroatoms. The Kier molecular flexibility index (Phi) is 4.85. The standard InChI is InChI=1S/C18H26N4O4S/c1-4-22-11(2)15(18-20-17(21-26-18)13-7-8-13)16(12(22)3)27(23,24)19-10-14-6-5-9-25-14/h13-14,19H,4-10H2,1-3H3/t14-/m0/s1. The molecule has 3 heterocycles. The van der Waals surface area contributed by atoms with Gasteiger partial charge in [0.25, 0.3) is 5.89 Å². The van der Waals surface area contributed by atoms with E-state index in [1.165, 1.54) is 0 Å². The van der Waals surface area contributed by atoms with Gasteiger partial charge in [0.15, 0.2) is 5.82 Å². The van der Waals surface area contributed by atoms with Crippen molar-refractivity contribution < 1.29 is 17.7 Å². The van der Waals surface area contributed by atoms with Crippen LogP contribution in [0.4, 0.5) is 0 Å². The van der Waals surface area contributed by atoms with E-state index >= 15 is 0 Å². The van der Waals surface area contributed by atoms with E-state index in [-0.39, 0.29) is 23.4 Å². The van der Waals surface area contributed by atoms with Crippen LogP contribution in [-0.2, 0) is 21.3 Å². The minimum Gasteiger partial charge on any atom is -0.377 e. The predicted octanol–water partition coefficient (Wildman–Crippen LogP) is 2.51. The molecule has 0 bridgehead atoms. The third-order valence-corrected chi connectivity index (χ3v) is 7.02. The fraction of sp³-hybridized carbons (Fsp3) is 0.667. The summed E-state index contributed by atoms with van der Waals surface area (Å²) in [4.78, 5) is 4.72. The Morgan fingerprint density at radius 1 is 1.22 bits per heavy atom. The van der Waals surface area contributed by atoms with Gasteiger partial charge in [-0.3, -0.25) is 0 Å². The van der Waals surface area contributed by atoms with E-state index < -0.39 is 10.0 Å². The maximum atomic E-state index is 13.2. The lowest BCUT2D eigenvalue weighted by molar-refractivity contribution is 0.114. The predicted molar refractivity (Wildman–Crippen MR) is 99.0 cm³/mol. The molecule has 1 aliphatic heterocycles. The number of nitrogens with one attached hydrogen (secondary N) is 1. The second-order valence-electron chi connectivity index (χ2n) is 7.34. The first-order valence-corrected chi connectivity index (χ1v) is 11.1. The van der Waals surface area contributed by atoms with Crippen molar-refractivity contribution in [2.45, 2.75) is 69.9 Å². The fourth-order valence-electron chi connectivity index (χ4n) is 3.83. The molecule has 1 aliphatic carbocycles. The van der Waals surface area contributed by atoms with Gasteiger partial charge in [-0.2, -0.15) is 4.98 Å². The van der Waals surface area contributed by atoms with Crippen molar-refractivity contribution in [1.82, 2.24) is 19.4 Å². The molecule has 0 spiro atoms. The number of rotatable bonds is 7. The van der Waals surface area contributed by atoms with Crippen molar-refractivity contribution in [2.75, 3.05) is 13.2 Å². The van der Waals surface area contributed by atoms with Gasteiger partial charge in [0, 0.05) is 37.0 Å². The van der Waals surface area contributed by atoms with E-state index in [1.807, 2.05) is 25.3 Å². The average Bonchev–Trinajstić information content (AvgIpc) is 3.06. The lowest BCUT2D eigenvalue weighted by Crippen LogP contribution is -2.32. The summed E-state index contributed by atoms with van der Waals surface area (Å²) in [5.74, 6) is 1.29. The van der Waals surface area contributed by atoms with Crippen LogP contribution in [0.25, 0.3) is 11.5 Å². The van der Waals surface area contributed by atoms with Crippen LogP contribution >= 0.6 is 0 Å². The van der Waals surface area contributed by atoms with E-state index in [9.17, 15) is 8.42 Å². The van der Waals surface area contributed by atoms with Gasteiger partial charge in [0.05, 0.1) is 11.7 Å². The molecule has 148 valence electrons. The molecular weight excluding hydrogens is 368 g/mol. The Bertz CT molecular complexity index is 937. The quantitative estimate of drug-likeness (QED) is 0.775. The zero-order valence-electron chi connectivity index (χ0n) is 16.0. The summed E-state index contributed by atoms with van der Waals surface area (Å²) < 4.78 is 42.0. The number of sulfonamides is 1. The van der Waals surface area contributed by atoms with Crippen molar-refractivity contribution in [3.63, 3.8) is 0 Å². The molecule has 2 aromatic heterocycles. The second kappa shape index (κ2) is 7.03. The second-order valence-corrected chi connectivity index (χ2v) is 9.04. The van der Waals surface area contributed by atoms with Crippen LogP contribution in [0.1, 0.15) is 55.7 Å². The highest BCUT2D eigenvalue weighted by atomic mass is 32.2. The van der Waals surface area contributed by atoms with Crippen molar-refractivity contribution >= 4 is 10.0 Å². The minimum atomic E-state index is -3.74. The molecule has 0 unspecified atom stereocenters. The maximum absolute atomic E-state index is 13.2. The molecule has 1 saturated carbocycles. The summed E-state index contributed by atoms with van der Waals surface area (Å²) in [5.41, 5.74) is 2.00. The number of ether oxygens (including phenoxy) is 1. The highest BCUT2D eigenvalue weighted by Crippen LogP contribution is 2.40. The highest BCUT2D eigenvalue weighted by molar-refractivity contribution is 7.89.